The second-order valence-electron chi connectivity index (χ2n) is 10.3. The number of carbonyl (C=O) groups is 1. The van der Waals surface area contributed by atoms with E-state index < -0.39 is 23.2 Å². The summed E-state index contributed by atoms with van der Waals surface area (Å²) < 4.78 is 34.1. The third-order valence-electron chi connectivity index (χ3n) is 8.00. The van der Waals surface area contributed by atoms with Gasteiger partial charge in [0.25, 0.3) is 11.5 Å². The van der Waals surface area contributed by atoms with Gasteiger partial charge in [0.1, 0.15) is 0 Å². The van der Waals surface area contributed by atoms with Crippen LogP contribution in [-0.4, -0.2) is 65.6 Å². The summed E-state index contributed by atoms with van der Waals surface area (Å²) in [4.78, 5) is 30.1. The first kappa shape index (κ1) is 18.9. The molecule has 5 heterocycles. The van der Waals surface area contributed by atoms with Gasteiger partial charge in [0.05, 0.1) is 18.6 Å². The Labute approximate surface area is 173 Å². The van der Waals surface area contributed by atoms with Crippen LogP contribution < -0.4 is 5.56 Å². The summed E-state index contributed by atoms with van der Waals surface area (Å²) >= 11 is 0. The Morgan fingerprint density at radius 1 is 1.13 bits per heavy atom. The predicted octanol–water partition coefficient (Wildman–Crippen LogP) is 1.53. The zero-order valence-electron chi connectivity index (χ0n) is 17.2. The van der Waals surface area contributed by atoms with Crippen molar-refractivity contribution in [2.45, 2.75) is 38.3 Å². The monoisotopic (exact) mass is 419 g/mol. The van der Waals surface area contributed by atoms with Gasteiger partial charge < -0.3 is 14.2 Å². The maximum atomic E-state index is 13.5. The largest absolute Gasteiger partial charge is 0.379 e. The average molecular weight is 419 g/mol. The molecule has 3 saturated heterocycles. The number of amides is 1. The SMILES string of the molecule is CC1(C(=O)N2C[C@@H]3C[C@H](C2)c2ccc(CN4CC5C(C4)C5(F)F)c(=O)n2C3)COC1. The van der Waals surface area contributed by atoms with Crippen molar-refractivity contribution in [1.29, 1.82) is 0 Å². The Bertz CT molecular complexity index is 959. The van der Waals surface area contributed by atoms with Gasteiger partial charge in [-0.25, -0.2) is 8.78 Å². The number of halogens is 2. The third kappa shape index (κ3) is 2.65. The van der Waals surface area contributed by atoms with E-state index in [0.29, 0.717) is 58.0 Å². The van der Waals surface area contributed by atoms with Crippen LogP contribution in [0.25, 0.3) is 0 Å². The first-order chi connectivity index (χ1) is 14.3. The molecule has 0 spiro atoms. The number of pyridine rings is 1. The molecule has 6 rings (SSSR count). The lowest BCUT2D eigenvalue weighted by Gasteiger charge is -2.47. The van der Waals surface area contributed by atoms with Crippen molar-refractivity contribution in [3.63, 3.8) is 0 Å². The minimum atomic E-state index is -2.50. The smallest absolute Gasteiger partial charge is 0.257 e. The predicted molar refractivity (Wildman–Crippen MR) is 104 cm³/mol. The van der Waals surface area contributed by atoms with Crippen LogP contribution in [0.4, 0.5) is 8.78 Å². The second-order valence-corrected chi connectivity index (χ2v) is 10.3. The molecule has 2 bridgehead atoms. The van der Waals surface area contributed by atoms with Crippen LogP contribution in [-0.2, 0) is 22.6 Å². The molecule has 162 valence electrons. The average Bonchev–Trinajstić information content (AvgIpc) is 3.03. The minimum Gasteiger partial charge on any atom is -0.379 e. The van der Waals surface area contributed by atoms with E-state index >= 15 is 0 Å². The quantitative estimate of drug-likeness (QED) is 0.746. The van der Waals surface area contributed by atoms with Gasteiger partial charge in [-0.15, -0.1) is 0 Å². The number of nitrogens with zero attached hydrogens (tertiary/aromatic N) is 3. The number of aromatic nitrogens is 1. The molecule has 4 aliphatic heterocycles. The van der Waals surface area contributed by atoms with E-state index in [2.05, 4.69) is 0 Å². The molecular formula is C22H27F2N3O3. The third-order valence-corrected chi connectivity index (χ3v) is 8.00. The minimum absolute atomic E-state index is 0.00802. The maximum absolute atomic E-state index is 13.5. The summed E-state index contributed by atoms with van der Waals surface area (Å²) in [6.45, 7) is 6.10. The highest BCUT2D eigenvalue weighted by Gasteiger charge is 2.71. The molecule has 1 amide bonds. The molecule has 1 saturated carbocycles. The lowest BCUT2D eigenvalue weighted by molar-refractivity contribution is -0.171. The van der Waals surface area contributed by atoms with Gasteiger partial charge >= 0.3 is 0 Å². The second kappa shape index (κ2) is 6.13. The normalized spacial score (nSPS) is 35.4. The Hall–Kier alpha value is -1.80. The zero-order valence-corrected chi connectivity index (χ0v) is 17.2. The Balaban J connectivity index is 1.20. The standard InChI is InChI=1S/C22H27F2N3O3/c1-21(11-30-12-21)20(29)26-5-13-4-15(8-26)18-3-2-14(19(28)27(18)6-13)7-25-9-16-17(10-25)22(16,23)24/h2-3,13,15-17H,4-12H2,1H3/t13-,15+,16?,17?/m0/s1. The Morgan fingerprint density at radius 3 is 2.53 bits per heavy atom. The summed E-state index contributed by atoms with van der Waals surface area (Å²) in [6.07, 6.45) is 1.00. The molecule has 4 atom stereocenters. The van der Waals surface area contributed by atoms with Crippen LogP contribution in [0.15, 0.2) is 16.9 Å². The highest BCUT2D eigenvalue weighted by molar-refractivity contribution is 5.83. The van der Waals surface area contributed by atoms with Crippen molar-refractivity contribution in [2.75, 3.05) is 39.4 Å². The molecular weight excluding hydrogens is 392 g/mol. The van der Waals surface area contributed by atoms with E-state index in [1.165, 1.54) is 0 Å². The maximum Gasteiger partial charge on any atom is 0.257 e. The van der Waals surface area contributed by atoms with Gasteiger partial charge in [-0.2, -0.15) is 0 Å². The van der Waals surface area contributed by atoms with Crippen LogP contribution in [0.1, 0.15) is 30.5 Å². The summed E-state index contributed by atoms with van der Waals surface area (Å²) in [6, 6.07) is 3.89. The fraction of sp³-hybridized carbons (Fsp3) is 0.727. The van der Waals surface area contributed by atoms with E-state index in [1.54, 1.807) is 0 Å². The van der Waals surface area contributed by atoms with Crippen LogP contribution in [0.2, 0.25) is 0 Å². The van der Waals surface area contributed by atoms with Crippen LogP contribution in [0.5, 0.6) is 0 Å². The highest BCUT2D eigenvalue weighted by atomic mass is 19.3. The zero-order chi connectivity index (χ0) is 20.8. The first-order valence-corrected chi connectivity index (χ1v) is 11.0. The van der Waals surface area contributed by atoms with E-state index in [4.69, 9.17) is 4.74 Å². The number of piperidine rings is 2. The fourth-order valence-electron chi connectivity index (χ4n) is 6.15. The molecule has 2 unspecified atom stereocenters. The molecule has 0 N–H and O–H groups in total. The first-order valence-electron chi connectivity index (χ1n) is 11.0. The molecule has 30 heavy (non-hydrogen) atoms. The summed E-state index contributed by atoms with van der Waals surface area (Å²) in [5.74, 6) is -2.93. The van der Waals surface area contributed by atoms with Crippen LogP contribution >= 0.6 is 0 Å². The number of hydrogen-bond acceptors (Lipinski definition) is 4. The highest BCUT2D eigenvalue weighted by Crippen LogP contribution is 2.59. The topological polar surface area (TPSA) is 54.8 Å². The molecule has 8 heteroatoms. The van der Waals surface area contributed by atoms with Crippen LogP contribution in [0.3, 0.4) is 0 Å². The van der Waals surface area contributed by atoms with Crippen molar-refractivity contribution in [2.24, 2.45) is 23.2 Å². The van der Waals surface area contributed by atoms with Crippen LogP contribution in [0, 0.1) is 23.2 Å². The number of ether oxygens (including phenoxy) is 1. The summed E-state index contributed by atoms with van der Waals surface area (Å²) in [7, 11) is 0. The Kier molecular flexibility index (Phi) is 3.87. The van der Waals surface area contributed by atoms with Gasteiger partial charge in [-0.05, 0) is 25.3 Å². The van der Waals surface area contributed by atoms with E-state index in [1.807, 2.05) is 33.4 Å². The molecule has 0 aromatic carbocycles. The van der Waals surface area contributed by atoms with Gasteiger partial charge in [-0.1, -0.05) is 6.07 Å². The van der Waals surface area contributed by atoms with Gasteiger partial charge in [0.15, 0.2) is 0 Å². The molecule has 6 nitrogen and oxygen atoms in total. The molecule has 1 aromatic rings. The lowest BCUT2D eigenvalue weighted by Crippen LogP contribution is -2.57. The van der Waals surface area contributed by atoms with Crippen molar-refractivity contribution < 1.29 is 18.3 Å². The van der Waals surface area contributed by atoms with Crippen molar-refractivity contribution in [3.8, 4) is 0 Å². The van der Waals surface area contributed by atoms with Gasteiger partial charge in [0, 0.05) is 68.3 Å². The van der Waals surface area contributed by atoms with Gasteiger partial charge in [0.2, 0.25) is 5.91 Å². The van der Waals surface area contributed by atoms with Crippen molar-refractivity contribution in [1.82, 2.24) is 14.4 Å². The van der Waals surface area contributed by atoms with Gasteiger partial charge in [-0.3, -0.25) is 14.5 Å². The fourth-order valence-corrected chi connectivity index (χ4v) is 6.15. The van der Waals surface area contributed by atoms with E-state index in [9.17, 15) is 18.4 Å². The summed E-state index contributed by atoms with van der Waals surface area (Å²) in [5, 5.41) is 0. The molecule has 1 aromatic heterocycles. The van der Waals surface area contributed by atoms with E-state index in [0.717, 1.165) is 12.1 Å². The summed E-state index contributed by atoms with van der Waals surface area (Å²) in [5.41, 5.74) is 1.30. The van der Waals surface area contributed by atoms with Crippen molar-refractivity contribution >= 4 is 5.91 Å². The Morgan fingerprint density at radius 2 is 1.87 bits per heavy atom. The lowest BCUT2D eigenvalue weighted by atomic mass is 9.80. The number of likely N-dealkylation sites (tertiary alicyclic amines) is 2. The number of hydrogen-bond donors (Lipinski definition) is 0. The number of fused-ring (bicyclic) bond motifs is 5. The molecule has 4 fully saturated rings. The molecule has 1 aliphatic carbocycles. The molecule has 5 aliphatic rings. The molecule has 0 radical (unpaired) electrons. The number of alkyl halides is 2. The van der Waals surface area contributed by atoms with Crippen molar-refractivity contribution in [3.05, 3.63) is 33.7 Å². The number of carbonyl (C=O) groups excluding carboxylic acids is 1. The number of rotatable bonds is 3. The van der Waals surface area contributed by atoms with E-state index in [-0.39, 0.29) is 23.3 Å².